The molecule has 24 heavy (non-hydrogen) atoms. The van der Waals surface area contributed by atoms with E-state index in [-0.39, 0.29) is 17.1 Å². The Morgan fingerprint density at radius 2 is 1.96 bits per heavy atom. The maximum atomic E-state index is 12.1. The van der Waals surface area contributed by atoms with Crippen LogP contribution in [0.1, 0.15) is 30.6 Å². The molecule has 1 aliphatic carbocycles. The fraction of sp³-hybridized carbons (Fsp3) is 0.600. The van der Waals surface area contributed by atoms with Gasteiger partial charge in [0.2, 0.25) is 10.0 Å². The van der Waals surface area contributed by atoms with Crippen molar-refractivity contribution in [1.82, 2.24) is 10.4 Å². The van der Waals surface area contributed by atoms with E-state index < -0.39 is 15.9 Å². The van der Waals surface area contributed by atoms with Crippen LogP contribution in [-0.4, -0.2) is 45.7 Å². The molecule has 2 atom stereocenters. The molecule has 0 aliphatic heterocycles. The molecule has 0 saturated heterocycles. The van der Waals surface area contributed by atoms with Crippen molar-refractivity contribution < 1.29 is 13.2 Å². The second kappa shape index (κ2) is 6.94. The second-order valence-corrected chi connectivity index (χ2v) is 8.56. The lowest BCUT2D eigenvalue weighted by Crippen LogP contribution is -2.33. The van der Waals surface area contributed by atoms with E-state index >= 15 is 0 Å². The van der Waals surface area contributed by atoms with Crippen molar-refractivity contribution in [3.63, 3.8) is 0 Å². The SMILES string of the molecule is CCS(=O)(=O)N(C)c1cc(C(=O)NN)cc(N(C)CC2CC2C)n1. The van der Waals surface area contributed by atoms with E-state index in [9.17, 15) is 13.2 Å². The molecule has 0 radical (unpaired) electrons. The Kier molecular flexibility index (Phi) is 5.34. The van der Waals surface area contributed by atoms with Gasteiger partial charge in [0.1, 0.15) is 11.6 Å². The van der Waals surface area contributed by atoms with E-state index in [0.717, 1.165) is 10.8 Å². The fourth-order valence-electron chi connectivity index (χ4n) is 2.51. The first-order valence-corrected chi connectivity index (χ1v) is 9.51. The van der Waals surface area contributed by atoms with E-state index in [0.29, 0.717) is 17.7 Å². The number of nitrogens with one attached hydrogen (secondary N) is 1. The average molecular weight is 355 g/mol. The molecule has 1 aromatic rings. The molecule has 1 heterocycles. The number of carbonyl (C=O) groups excluding carboxylic acids is 1. The molecule has 1 amide bonds. The van der Waals surface area contributed by atoms with Crippen LogP contribution in [0.4, 0.5) is 11.6 Å². The summed E-state index contributed by atoms with van der Waals surface area (Å²) in [4.78, 5) is 18.3. The second-order valence-electron chi connectivity index (χ2n) is 6.27. The Morgan fingerprint density at radius 3 is 2.46 bits per heavy atom. The number of pyridine rings is 1. The third-order valence-electron chi connectivity index (χ3n) is 4.47. The number of hydrazine groups is 1. The Bertz CT molecular complexity index is 722. The molecule has 0 spiro atoms. The molecule has 0 bridgehead atoms. The Hall–Kier alpha value is -1.87. The molecule has 1 saturated carbocycles. The highest BCUT2D eigenvalue weighted by Gasteiger charge is 2.33. The maximum absolute atomic E-state index is 12.1. The standard InChI is InChI=1S/C15H25N5O3S/c1-5-24(22,23)20(4)14-8-11(15(21)18-16)7-13(17-14)19(3)9-12-6-10(12)2/h7-8,10,12H,5-6,9,16H2,1-4H3,(H,18,21). The summed E-state index contributed by atoms with van der Waals surface area (Å²) in [6.07, 6.45) is 1.17. The molecule has 2 unspecified atom stereocenters. The van der Waals surface area contributed by atoms with Gasteiger partial charge in [0, 0.05) is 26.2 Å². The third kappa shape index (κ3) is 3.96. The van der Waals surface area contributed by atoms with E-state index in [1.807, 2.05) is 11.9 Å². The summed E-state index contributed by atoms with van der Waals surface area (Å²) in [6, 6.07) is 3.04. The third-order valence-corrected chi connectivity index (χ3v) is 6.22. The summed E-state index contributed by atoms with van der Waals surface area (Å²) < 4.78 is 25.3. The van der Waals surface area contributed by atoms with Gasteiger partial charge in [0.25, 0.3) is 5.91 Å². The molecular formula is C15H25N5O3S. The predicted octanol–water partition coefficient (Wildman–Crippen LogP) is 0.563. The molecule has 134 valence electrons. The van der Waals surface area contributed by atoms with E-state index in [2.05, 4.69) is 17.3 Å². The van der Waals surface area contributed by atoms with Crippen LogP contribution in [0.2, 0.25) is 0 Å². The number of amides is 1. The summed E-state index contributed by atoms with van der Waals surface area (Å²) in [5.41, 5.74) is 2.34. The monoisotopic (exact) mass is 355 g/mol. The number of hydrogen-bond donors (Lipinski definition) is 2. The van der Waals surface area contributed by atoms with Crippen molar-refractivity contribution in [3.05, 3.63) is 17.7 Å². The zero-order chi connectivity index (χ0) is 18.1. The summed E-state index contributed by atoms with van der Waals surface area (Å²) in [7, 11) is -0.160. The lowest BCUT2D eigenvalue weighted by atomic mass is 10.2. The number of hydrogen-bond acceptors (Lipinski definition) is 6. The van der Waals surface area contributed by atoms with Crippen molar-refractivity contribution in [1.29, 1.82) is 0 Å². The first-order chi connectivity index (χ1) is 11.2. The lowest BCUT2D eigenvalue weighted by Gasteiger charge is -2.23. The molecular weight excluding hydrogens is 330 g/mol. The molecule has 1 aliphatic rings. The predicted molar refractivity (Wildman–Crippen MR) is 94.3 cm³/mol. The van der Waals surface area contributed by atoms with Crippen LogP contribution < -0.4 is 20.5 Å². The number of nitrogens with two attached hydrogens (primary N) is 1. The molecule has 8 nitrogen and oxygen atoms in total. The first-order valence-electron chi connectivity index (χ1n) is 7.90. The summed E-state index contributed by atoms with van der Waals surface area (Å²) >= 11 is 0. The van der Waals surface area contributed by atoms with Crippen molar-refractivity contribution in [3.8, 4) is 0 Å². The van der Waals surface area contributed by atoms with Gasteiger partial charge in [-0.1, -0.05) is 6.92 Å². The number of carbonyl (C=O) groups is 1. The molecule has 1 aromatic heterocycles. The van der Waals surface area contributed by atoms with Gasteiger partial charge in [0.05, 0.1) is 5.75 Å². The summed E-state index contributed by atoms with van der Waals surface area (Å²) in [5.74, 6) is 6.70. The lowest BCUT2D eigenvalue weighted by molar-refractivity contribution is 0.0953. The Labute approximate surface area is 143 Å². The number of rotatable bonds is 7. The smallest absolute Gasteiger partial charge is 0.265 e. The largest absolute Gasteiger partial charge is 0.359 e. The van der Waals surface area contributed by atoms with Crippen molar-refractivity contribution in [2.45, 2.75) is 20.3 Å². The van der Waals surface area contributed by atoms with E-state index in [1.165, 1.54) is 19.5 Å². The van der Waals surface area contributed by atoms with Gasteiger partial charge < -0.3 is 4.90 Å². The highest BCUT2D eigenvalue weighted by molar-refractivity contribution is 7.92. The van der Waals surface area contributed by atoms with E-state index in [1.54, 1.807) is 13.0 Å². The zero-order valence-electron chi connectivity index (χ0n) is 14.5. The quantitative estimate of drug-likeness (QED) is 0.420. The number of anilines is 2. The number of sulfonamides is 1. The van der Waals surface area contributed by atoms with Gasteiger partial charge in [-0.2, -0.15) is 0 Å². The fourth-order valence-corrected chi connectivity index (χ4v) is 3.27. The van der Waals surface area contributed by atoms with Gasteiger partial charge in [-0.25, -0.2) is 19.2 Å². The number of nitrogens with zero attached hydrogens (tertiary/aromatic N) is 3. The highest BCUT2D eigenvalue weighted by Crippen LogP contribution is 2.38. The molecule has 0 aromatic carbocycles. The van der Waals surface area contributed by atoms with Crippen molar-refractivity contribution in [2.24, 2.45) is 17.7 Å². The topological polar surface area (TPSA) is 109 Å². The van der Waals surface area contributed by atoms with Gasteiger partial charge in [-0.05, 0) is 37.3 Å². The van der Waals surface area contributed by atoms with Gasteiger partial charge in [-0.15, -0.1) is 0 Å². The van der Waals surface area contributed by atoms with Crippen LogP contribution in [0.15, 0.2) is 12.1 Å². The van der Waals surface area contributed by atoms with Gasteiger partial charge in [0.15, 0.2) is 0 Å². The zero-order valence-corrected chi connectivity index (χ0v) is 15.3. The Morgan fingerprint density at radius 1 is 1.38 bits per heavy atom. The average Bonchev–Trinajstić information content (AvgIpc) is 3.27. The minimum Gasteiger partial charge on any atom is -0.359 e. The number of nitrogen functional groups attached to an aromatic ring is 1. The minimum absolute atomic E-state index is 0.0523. The molecule has 9 heteroatoms. The summed E-state index contributed by atoms with van der Waals surface area (Å²) in [5, 5.41) is 0. The maximum Gasteiger partial charge on any atom is 0.265 e. The molecule has 2 rings (SSSR count). The summed E-state index contributed by atoms with van der Waals surface area (Å²) in [6.45, 7) is 4.56. The van der Waals surface area contributed by atoms with Gasteiger partial charge in [-0.3, -0.25) is 14.5 Å². The molecule has 3 N–H and O–H groups in total. The normalized spacial score (nSPS) is 19.7. The Balaban J connectivity index is 2.39. The van der Waals surface area contributed by atoms with Crippen LogP contribution in [0.25, 0.3) is 0 Å². The van der Waals surface area contributed by atoms with Crippen molar-refractivity contribution >= 4 is 27.6 Å². The van der Waals surface area contributed by atoms with Gasteiger partial charge >= 0.3 is 0 Å². The van der Waals surface area contributed by atoms with Crippen LogP contribution in [-0.2, 0) is 10.0 Å². The van der Waals surface area contributed by atoms with E-state index in [4.69, 9.17) is 5.84 Å². The van der Waals surface area contributed by atoms with Crippen LogP contribution >= 0.6 is 0 Å². The first kappa shape index (κ1) is 18.5. The van der Waals surface area contributed by atoms with Crippen molar-refractivity contribution in [2.75, 3.05) is 35.6 Å². The minimum atomic E-state index is -3.47. The van der Waals surface area contributed by atoms with Crippen LogP contribution in [0.5, 0.6) is 0 Å². The number of aromatic nitrogens is 1. The van der Waals surface area contributed by atoms with Crippen LogP contribution in [0.3, 0.4) is 0 Å². The van der Waals surface area contributed by atoms with Crippen LogP contribution in [0, 0.1) is 11.8 Å². The molecule has 1 fully saturated rings. The highest BCUT2D eigenvalue weighted by atomic mass is 32.2.